The number of nitro benzene ring substituents is 1. The van der Waals surface area contributed by atoms with E-state index in [1.54, 1.807) is 45.4 Å². The molecule has 29 heavy (non-hydrogen) atoms. The molecule has 0 saturated carbocycles. The number of methoxy groups -OCH3 is 2. The second kappa shape index (κ2) is 8.42. The zero-order valence-corrected chi connectivity index (χ0v) is 16.1. The molecule has 0 fully saturated rings. The van der Waals surface area contributed by atoms with Crippen molar-refractivity contribution < 1.29 is 23.7 Å². The molecule has 9 heteroatoms. The van der Waals surface area contributed by atoms with Crippen LogP contribution in [0.5, 0.6) is 11.5 Å². The summed E-state index contributed by atoms with van der Waals surface area (Å²) in [6.07, 6.45) is 0. The van der Waals surface area contributed by atoms with Crippen LogP contribution >= 0.6 is 0 Å². The topological polar surface area (TPSA) is 117 Å². The minimum Gasteiger partial charge on any atom is -0.493 e. The van der Waals surface area contributed by atoms with E-state index >= 15 is 0 Å². The molecule has 3 aromatic rings. The number of benzene rings is 2. The molecule has 0 unspecified atom stereocenters. The Morgan fingerprint density at radius 1 is 1.14 bits per heavy atom. The van der Waals surface area contributed by atoms with E-state index in [1.165, 1.54) is 18.2 Å². The van der Waals surface area contributed by atoms with E-state index in [1.807, 2.05) is 0 Å². The number of hydrogen-bond acceptors (Lipinski definition) is 7. The van der Waals surface area contributed by atoms with Gasteiger partial charge in [-0.05, 0) is 31.2 Å². The SMILES string of the molecule is COc1ccc(-c2cc(CNC(=O)c3ccc(C)c([N+](=O)[O-])c3)no2)cc1OC. The van der Waals surface area contributed by atoms with Crippen molar-refractivity contribution in [3.63, 3.8) is 0 Å². The van der Waals surface area contributed by atoms with Crippen molar-refractivity contribution in [1.29, 1.82) is 0 Å². The van der Waals surface area contributed by atoms with Gasteiger partial charge in [0.1, 0.15) is 5.69 Å². The predicted octanol–water partition coefficient (Wildman–Crippen LogP) is 3.51. The maximum Gasteiger partial charge on any atom is 0.273 e. The fourth-order valence-electron chi connectivity index (χ4n) is 2.74. The summed E-state index contributed by atoms with van der Waals surface area (Å²) in [5.74, 6) is 1.21. The van der Waals surface area contributed by atoms with Crippen LogP contribution in [-0.4, -0.2) is 30.2 Å². The number of nitro groups is 1. The molecule has 0 spiro atoms. The van der Waals surface area contributed by atoms with Crippen LogP contribution in [0.4, 0.5) is 5.69 Å². The van der Waals surface area contributed by atoms with E-state index < -0.39 is 10.8 Å². The summed E-state index contributed by atoms with van der Waals surface area (Å²) in [5, 5.41) is 17.7. The number of ether oxygens (including phenoxy) is 2. The van der Waals surface area contributed by atoms with Crippen molar-refractivity contribution >= 4 is 11.6 Å². The molecular formula is C20H19N3O6. The van der Waals surface area contributed by atoms with E-state index in [4.69, 9.17) is 14.0 Å². The van der Waals surface area contributed by atoms with Crippen LogP contribution in [0.2, 0.25) is 0 Å². The van der Waals surface area contributed by atoms with Crippen molar-refractivity contribution in [2.24, 2.45) is 0 Å². The first-order chi connectivity index (χ1) is 13.9. The van der Waals surface area contributed by atoms with Gasteiger partial charge in [-0.1, -0.05) is 11.2 Å². The van der Waals surface area contributed by atoms with Crippen LogP contribution in [-0.2, 0) is 6.54 Å². The quantitative estimate of drug-likeness (QED) is 0.479. The molecule has 0 aliphatic heterocycles. The van der Waals surface area contributed by atoms with E-state index in [0.29, 0.717) is 28.5 Å². The number of rotatable bonds is 7. The first-order valence-corrected chi connectivity index (χ1v) is 8.64. The Morgan fingerprint density at radius 3 is 2.59 bits per heavy atom. The van der Waals surface area contributed by atoms with Crippen LogP contribution in [0.1, 0.15) is 21.6 Å². The second-order valence-corrected chi connectivity index (χ2v) is 6.19. The monoisotopic (exact) mass is 397 g/mol. The molecule has 150 valence electrons. The van der Waals surface area contributed by atoms with Crippen molar-refractivity contribution in [1.82, 2.24) is 10.5 Å². The summed E-state index contributed by atoms with van der Waals surface area (Å²) in [7, 11) is 3.09. The molecular weight excluding hydrogens is 378 g/mol. The maximum absolute atomic E-state index is 12.3. The standard InChI is InChI=1S/C20H19N3O6/c1-12-4-5-14(8-16(12)23(25)26)20(24)21-11-15-10-18(29-22-15)13-6-7-17(27-2)19(9-13)28-3/h4-10H,11H2,1-3H3,(H,21,24). The Hall–Kier alpha value is -3.88. The van der Waals surface area contributed by atoms with Crippen molar-refractivity contribution in [2.45, 2.75) is 13.5 Å². The zero-order valence-electron chi connectivity index (χ0n) is 16.1. The Kier molecular flexibility index (Phi) is 5.77. The van der Waals surface area contributed by atoms with Gasteiger partial charge in [0, 0.05) is 28.8 Å². The van der Waals surface area contributed by atoms with Crippen LogP contribution in [0.25, 0.3) is 11.3 Å². The van der Waals surface area contributed by atoms with Gasteiger partial charge in [-0.15, -0.1) is 0 Å². The number of aryl methyl sites for hydroxylation is 1. The summed E-state index contributed by atoms with van der Waals surface area (Å²) in [6, 6.07) is 11.3. The molecule has 0 saturated heterocycles. The zero-order chi connectivity index (χ0) is 21.0. The van der Waals surface area contributed by atoms with Crippen molar-refractivity contribution in [3.8, 4) is 22.8 Å². The van der Waals surface area contributed by atoms with Gasteiger partial charge >= 0.3 is 0 Å². The number of carbonyl (C=O) groups excluding carboxylic acids is 1. The fraction of sp³-hybridized carbons (Fsp3) is 0.200. The van der Waals surface area contributed by atoms with Crippen LogP contribution in [0, 0.1) is 17.0 Å². The smallest absolute Gasteiger partial charge is 0.273 e. The number of aromatic nitrogens is 1. The van der Waals surface area contributed by atoms with E-state index in [9.17, 15) is 14.9 Å². The summed E-state index contributed by atoms with van der Waals surface area (Å²) >= 11 is 0. The highest BCUT2D eigenvalue weighted by atomic mass is 16.6. The summed E-state index contributed by atoms with van der Waals surface area (Å²) in [4.78, 5) is 22.8. The lowest BCUT2D eigenvalue weighted by atomic mass is 10.1. The average molecular weight is 397 g/mol. The Morgan fingerprint density at radius 2 is 1.90 bits per heavy atom. The third-order valence-corrected chi connectivity index (χ3v) is 4.33. The van der Waals surface area contributed by atoms with Gasteiger partial charge in [-0.3, -0.25) is 14.9 Å². The van der Waals surface area contributed by atoms with Crippen molar-refractivity contribution in [2.75, 3.05) is 14.2 Å². The minimum atomic E-state index is -0.515. The third-order valence-electron chi connectivity index (χ3n) is 4.33. The number of hydrogen-bond donors (Lipinski definition) is 1. The minimum absolute atomic E-state index is 0.102. The molecule has 0 bridgehead atoms. The summed E-state index contributed by atoms with van der Waals surface area (Å²) < 4.78 is 15.8. The number of nitrogens with zero attached hydrogens (tertiary/aromatic N) is 2. The van der Waals surface area contributed by atoms with Crippen LogP contribution in [0.3, 0.4) is 0 Å². The first-order valence-electron chi connectivity index (χ1n) is 8.64. The first kappa shape index (κ1) is 19.9. The van der Waals surface area contributed by atoms with Gasteiger partial charge in [-0.2, -0.15) is 0 Å². The van der Waals surface area contributed by atoms with E-state index in [-0.39, 0.29) is 17.8 Å². The second-order valence-electron chi connectivity index (χ2n) is 6.19. The van der Waals surface area contributed by atoms with Gasteiger partial charge in [-0.25, -0.2) is 0 Å². The highest BCUT2D eigenvalue weighted by molar-refractivity contribution is 5.94. The number of amides is 1. The lowest BCUT2D eigenvalue weighted by molar-refractivity contribution is -0.385. The van der Waals surface area contributed by atoms with Gasteiger partial charge < -0.3 is 19.3 Å². The molecule has 9 nitrogen and oxygen atoms in total. The largest absolute Gasteiger partial charge is 0.493 e. The highest BCUT2D eigenvalue weighted by Gasteiger charge is 2.16. The normalized spacial score (nSPS) is 10.4. The molecule has 1 N–H and O–H groups in total. The molecule has 1 aromatic heterocycles. The third kappa shape index (κ3) is 4.34. The Labute approximate surface area is 166 Å². The van der Waals surface area contributed by atoms with Gasteiger partial charge in [0.05, 0.1) is 25.7 Å². The average Bonchev–Trinajstić information content (AvgIpc) is 3.20. The number of carbonyl (C=O) groups is 1. The van der Waals surface area contributed by atoms with E-state index in [2.05, 4.69) is 10.5 Å². The van der Waals surface area contributed by atoms with Gasteiger partial charge in [0.2, 0.25) is 0 Å². The molecule has 0 aliphatic carbocycles. The molecule has 1 amide bonds. The molecule has 1 heterocycles. The van der Waals surface area contributed by atoms with E-state index in [0.717, 1.165) is 5.56 Å². The predicted molar refractivity (Wildman–Crippen MR) is 104 cm³/mol. The van der Waals surface area contributed by atoms with Gasteiger partial charge in [0.25, 0.3) is 11.6 Å². The Balaban J connectivity index is 1.70. The van der Waals surface area contributed by atoms with Crippen LogP contribution in [0.15, 0.2) is 47.0 Å². The number of nitrogens with one attached hydrogen (secondary N) is 1. The van der Waals surface area contributed by atoms with Crippen LogP contribution < -0.4 is 14.8 Å². The molecule has 0 radical (unpaired) electrons. The molecule has 0 aliphatic rings. The highest BCUT2D eigenvalue weighted by Crippen LogP contribution is 2.32. The lowest BCUT2D eigenvalue weighted by Crippen LogP contribution is -2.23. The molecule has 0 atom stereocenters. The van der Waals surface area contributed by atoms with Crippen molar-refractivity contribution in [3.05, 3.63) is 69.4 Å². The summed E-state index contributed by atoms with van der Waals surface area (Å²) in [5.41, 5.74) is 1.83. The fourth-order valence-corrected chi connectivity index (χ4v) is 2.74. The maximum atomic E-state index is 12.3. The van der Waals surface area contributed by atoms with Gasteiger partial charge in [0.15, 0.2) is 17.3 Å². The lowest BCUT2D eigenvalue weighted by Gasteiger charge is -2.07. The Bertz CT molecular complexity index is 1060. The molecule has 2 aromatic carbocycles. The summed E-state index contributed by atoms with van der Waals surface area (Å²) in [6.45, 7) is 1.72. The molecule has 3 rings (SSSR count).